The predicted octanol–water partition coefficient (Wildman–Crippen LogP) is 0.281. The van der Waals surface area contributed by atoms with Gasteiger partial charge in [0.05, 0.1) is 12.2 Å². The van der Waals surface area contributed by atoms with Gasteiger partial charge in [0.1, 0.15) is 0 Å². The van der Waals surface area contributed by atoms with Gasteiger partial charge in [0.25, 0.3) is 0 Å². The second kappa shape index (κ2) is 4.00. The van der Waals surface area contributed by atoms with Crippen molar-refractivity contribution < 1.29 is 9.53 Å². The van der Waals surface area contributed by atoms with Crippen LogP contribution in [-0.2, 0) is 9.53 Å². The molecular weight excluding hydrogens is 204 g/mol. The molecule has 1 unspecified atom stereocenters. The third-order valence-electron chi connectivity index (χ3n) is 3.94. The summed E-state index contributed by atoms with van der Waals surface area (Å²) in [6.45, 7) is 3.58. The van der Waals surface area contributed by atoms with E-state index in [2.05, 4.69) is 10.6 Å². The first-order chi connectivity index (χ1) is 7.76. The van der Waals surface area contributed by atoms with Crippen molar-refractivity contribution in [3.8, 4) is 0 Å². The molecule has 2 N–H and O–H groups in total. The fraction of sp³-hybridized carbons (Fsp3) is 0.917. The zero-order valence-electron chi connectivity index (χ0n) is 9.63. The number of nitrogens with one attached hydrogen (secondary N) is 2. The summed E-state index contributed by atoms with van der Waals surface area (Å²) in [5.74, 6) is 1.41. The van der Waals surface area contributed by atoms with Gasteiger partial charge in [-0.2, -0.15) is 0 Å². The SMILES string of the molecule is O=C(CC1COC2(CNC2)C1)NCC1CC1. The van der Waals surface area contributed by atoms with Crippen LogP contribution in [0.15, 0.2) is 0 Å². The lowest BCUT2D eigenvalue weighted by Gasteiger charge is -2.38. The summed E-state index contributed by atoms with van der Waals surface area (Å²) in [6, 6.07) is 0. The van der Waals surface area contributed by atoms with E-state index >= 15 is 0 Å². The van der Waals surface area contributed by atoms with E-state index in [0.29, 0.717) is 12.3 Å². The van der Waals surface area contributed by atoms with Crippen molar-refractivity contribution in [1.82, 2.24) is 10.6 Å². The number of hydrogen-bond acceptors (Lipinski definition) is 3. The Labute approximate surface area is 96.1 Å². The lowest BCUT2D eigenvalue weighted by molar-refractivity contribution is -0.122. The molecule has 0 bridgehead atoms. The summed E-state index contributed by atoms with van der Waals surface area (Å²) in [6.07, 6.45) is 4.29. The highest BCUT2D eigenvalue weighted by atomic mass is 16.5. The van der Waals surface area contributed by atoms with Crippen LogP contribution in [0.4, 0.5) is 0 Å². The van der Waals surface area contributed by atoms with E-state index in [-0.39, 0.29) is 11.5 Å². The van der Waals surface area contributed by atoms with Crippen molar-refractivity contribution >= 4 is 5.91 Å². The smallest absolute Gasteiger partial charge is 0.220 e. The molecule has 4 heteroatoms. The van der Waals surface area contributed by atoms with Gasteiger partial charge in [-0.05, 0) is 31.1 Å². The Morgan fingerprint density at radius 3 is 2.75 bits per heavy atom. The average molecular weight is 224 g/mol. The Bertz CT molecular complexity index is 285. The van der Waals surface area contributed by atoms with E-state index in [4.69, 9.17) is 4.74 Å². The average Bonchev–Trinajstić information content (AvgIpc) is 2.94. The van der Waals surface area contributed by atoms with E-state index in [1.165, 1.54) is 12.8 Å². The molecule has 3 rings (SSSR count). The maximum Gasteiger partial charge on any atom is 0.220 e. The minimum Gasteiger partial charge on any atom is -0.372 e. The van der Waals surface area contributed by atoms with Gasteiger partial charge >= 0.3 is 0 Å². The molecule has 0 radical (unpaired) electrons. The van der Waals surface area contributed by atoms with Crippen molar-refractivity contribution in [2.75, 3.05) is 26.2 Å². The molecule has 0 aromatic rings. The molecule has 3 fully saturated rings. The first-order valence-corrected chi connectivity index (χ1v) is 6.37. The van der Waals surface area contributed by atoms with E-state index in [0.717, 1.165) is 38.6 Å². The maximum absolute atomic E-state index is 11.7. The van der Waals surface area contributed by atoms with Gasteiger partial charge in [-0.25, -0.2) is 0 Å². The molecule has 1 amide bonds. The molecular formula is C12H20N2O2. The van der Waals surface area contributed by atoms with Gasteiger partial charge in [-0.3, -0.25) is 4.79 Å². The third kappa shape index (κ3) is 2.23. The molecule has 0 aromatic carbocycles. The minimum absolute atomic E-state index is 0.0848. The van der Waals surface area contributed by atoms with Gasteiger partial charge in [-0.1, -0.05) is 0 Å². The van der Waals surface area contributed by atoms with Crippen LogP contribution >= 0.6 is 0 Å². The second-order valence-electron chi connectivity index (χ2n) is 5.62. The molecule has 2 heterocycles. The number of carbonyl (C=O) groups is 1. The molecule has 90 valence electrons. The number of rotatable bonds is 4. The first kappa shape index (κ1) is 10.5. The highest BCUT2D eigenvalue weighted by Crippen LogP contribution is 2.34. The fourth-order valence-corrected chi connectivity index (χ4v) is 2.63. The molecule has 0 aromatic heterocycles. The van der Waals surface area contributed by atoms with E-state index in [9.17, 15) is 4.79 Å². The molecule has 1 saturated carbocycles. The monoisotopic (exact) mass is 224 g/mol. The zero-order chi connectivity index (χ0) is 11.0. The van der Waals surface area contributed by atoms with Gasteiger partial charge in [0, 0.05) is 26.1 Å². The van der Waals surface area contributed by atoms with Gasteiger partial charge in [0.2, 0.25) is 5.91 Å². The minimum atomic E-state index is 0.0848. The van der Waals surface area contributed by atoms with Crippen molar-refractivity contribution in [2.45, 2.75) is 31.3 Å². The topological polar surface area (TPSA) is 50.4 Å². The summed E-state index contributed by atoms with van der Waals surface area (Å²) in [5, 5.41) is 6.27. The Hall–Kier alpha value is -0.610. The molecule has 2 saturated heterocycles. The highest BCUT2D eigenvalue weighted by Gasteiger charge is 2.45. The Morgan fingerprint density at radius 2 is 2.19 bits per heavy atom. The first-order valence-electron chi connectivity index (χ1n) is 6.37. The number of hydrogen-bond donors (Lipinski definition) is 2. The lowest BCUT2D eigenvalue weighted by Crippen LogP contribution is -2.59. The van der Waals surface area contributed by atoms with Crippen LogP contribution in [0, 0.1) is 11.8 Å². The van der Waals surface area contributed by atoms with E-state index in [1.54, 1.807) is 0 Å². The standard InChI is InChI=1S/C12H20N2O2/c15-11(14-5-9-1-2-9)3-10-4-12(16-6-10)7-13-8-12/h9-10,13H,1-8H2,(H,14,15). The fourth-order valence-electron chi connectivity index (χ4n) is 2.63. The van der Waals surface area contributed by atoms with Gasteiger partial charge in [0.15, 0.2) is 0 Å². The highest BCUT2D eigenvalue weighted by molar-refractivity contribution is 5.76. The van der Waals surface area contributed by atoms with Crippen molar-refractivity contribution in [2.24, 2.45) is 11.8 Å². The lowest BCUT2D eigenvalue weighted by atomic mass is 9.88. The molecule has 4 nitrogen and oxygen atoms in total. The molecule has 3 aliphatic rings. The molecule has 1 aliphatic carbocycles. The quantitative estimate of drug-likeness (QED) is 0.721. The second-order valence-corrected chi connectivity index (χ2v) is 5.62. The normalized spacial score (nSPS) is 31.4. The maximum atomic E-state index is 11.7. The van der Waals surface area contributed by atoms with Crippen LogP contribution in [0.25, 0.3) is 0 Å². The number of ether oxygens (including phenoxy) is 1. The number of carbonyl (C=O) groups excluding carboxylic acids is 1. The van der Waals surface area contributed by atoms with Crippen LogP contribution in [0.3, 0.4) is 0 Å². The summed E-state index contributed by atoms with van der Waals surface area (Å²) in [5.41, 5.74) is 0.0848. The Balaban J connectivity index is 1.39. The largest absolute Gasteiger partial charge is 0.372 e. The summed E-state index contributed by atoms with van der Waals surface area (Å²) in [7, 11) is 0. The molecule has 1 spiro atoms. The van der Waals surface area contributed by atoms with Crippen LogP contribution in [0.1, 0.15) is 25.7 Å². The Morgan fingerprint density at radius 1 is 1.38 bits per heavy atom. The zero-order valence-corrected chi connectivity index (χ0v) is 9.63. The number of amides is 1. The van der Waals surface area contributed by atoms with Crippen LogP contribution in [0.5, 0.6) is 0 Å². The predicted molar refractivity (Wildman–Crippen MR) is 60.0 cm³/mol. The molecule has 16 heavy (non-hydrogen) atoms. The van der Waals surface area contributed by atoms with Crippen LogP contribution in [0.2, 0.25) is 0 Å². The molecule has 1 atom stereocenters. The summed E-state index contributed by atoms with van der Waals surface area (Å²) < 4.78 is 5.79. The van der Waals surface area contributed by atoms with Crippen molar-refractivity contribution in [3.05, 3.63) is 0 Å². The van der Waals surface area contributed by atoms with Gasteiger partial charge in [-0.15, -0.1) is 0 Å². The van der Waals surface area contributed by atoms with Crippen LogP contribution in [-0.4, -0.2) is 37.7 Å². The van der Waals surface area contributed by atoms with Crippen LogP contribution < -0.4 is 10.6 Å². The third-order valence-corrected chi connectivity index (χ3v) is 3.94. The van der Waals surface area contributed by atoms with Gasteiger partial charge < -0.3 is 15.4 Å². The van der Waals surface area contributed by atoms with E-state index in [1.807, 2.05) is 0 Å². The van der Waals surface area contributed by atoms with E-state index < -0.39 is 0 Å². The van der Waals surface area contributed by atoms with Crippen molar-refractivity contribution in [3.63, 3.8) is 0 Å². The summed E-state index contributed by atoms with van der Waals surface area (Å²) in [4.78, 5) is 11.7. The Kier molecular flexibility index (Phi) is 2.64. The van der Waals surface area contributed by atoms with Crippen molar-refractivity contribution in [1.29, 1.82) is 0 Å². The summed E-state index contributed by atoms with van der Waals surface area (Å²) >= 11 is 0. The molecule has 2 aliphatic heterocycles.